The number of rotatable bonds is 8. The maximum Gasteiger partial charge on any atom is 0.0725 e. The predicted octanol–water partition coefficient (Wildman–Crippen LogP) is 8.22. The molecular weight excluding hydrogens is 457 g/mol. The zero-order valence-corrected chi connectivity index (χ0v) is 22.3. The minimum absolute atomic E-state index is 0.00410. The van der Waals surface area contributed by atoms with E-state index in [1.165, 1.54) is 10.5 Å². The summed E-state index contributed by atoms with van der Waals surface area (Å²) in [5.74, 6) is 0.269. The van der Waals surface area contributed by atoms with Crippen LogP contribution in [0.1, 0.15) is 41.5 Å². The van der Waals surface area contributed by atoms with Gasteiger partial charge in [0, 0.05) is 34.3 Å². The van der Waals surface area contributed by atoms with Gasteiger partial charge in [-0.2, -0.15) is 0 Å². The van der Waals surface area contributed by atoms with Gasteiger partial charge in [-0.05, 0) is 49.1 Å². The molecular formula is C27H35Cl2NOS. The quantitative estimate of drug-likeness (QED) is 0.273. The lowest BCUT2D eigenvalue weighted by Gasteiger charge is -2.36. The molecule has 1 heterocycles. The van der Waals surface area contributed by atoms with Crippen LogP contribution in [0.3, 0.4) is 0 Å². The van der Waals surface area contributed by atoms with Gasteiger partial charge in [-0.3, -0.25) is 0 Å². The van der Waals surface area contributed by atoms with Gasteiger partial charge in [-0.15, -0.1) is 5.73 Å². The highest BCUT2D eigenvalue weighted by Crippen LogP contribution is 2.42. The lowest BCUT2D eigenvalue weighted by molar-refractivity contribution is 0.314. The second-order valence-corrected chi connectivity index (χ2v) is 9.28. The number of aliphatic hydroxyl groups excluding tert-OH is 1. The van der Waals surface area contributed by atoms with Gasteiger partial charge in [-0.25, -0.2) is 0 Å². The van der Waals surface area contributed by atoms with Gasteiger partial charge in [0.2, 0.25) is 0 Å². The summed E-state index contributed by atoms with van der Waals surface area (Å²) in [5.41, 5.74) is 7.63. The molecule has 1 N–H and O–H groups in total. The number of allylic oxidation sites excluding steroid dienone is 8. The largest absolute Gasteiger partial charge is 0.392 e. The van der Waals surface area contributed by atoms with Crippen LogP contribution in [0.25, 0.3) is 0 Å². The highest BCUT2D eigenvalue weighted by molar-refractivity contribution is 8.07. The van der Waals surface area contributed by atoms with Crippen LogP contribution < -0.4 is 0 Å². The summed E-state index contributed by atoms with van der Waals surface area (Å²) in [6.07, 6.45) is 13.2. The fourth-order valence-corrected chi connectivity index (χ4v) is 5.06. The van der Waals surface area contributed by atoms with Crippen molar-refractivity contribution in [3.8, 4) is 0 Å². The SMILES string of the molecule is C=C/C=C(\C=C/C)CN1CC(SC2=C=CC(Cl)=CC=C2Cl)=C(C(C)C)C(CO)=C1C.CC. The van der Waals surface area contributed by atoms with E-state index in [0.29, 0.717) is 10.1 Å². The van der Waals surface area contributed by atoms with Gasteiger partial charge in [0.1, 0.15) is 0 Å². The second kappa shape index (κ2) is 14.5. The maximum atomic E-state index is 10.2. The molecule has 2 aliphatic rings. The summed E-state index contributed by atoms with van der Waals surface area (Å²) in [6, 6.07) is 0. The lowest BCUT2D eigenvalue weighted by Crippen LogP contribution is -2.32. The van der Waals surface area contributed by atoms with E-state index in [-0.39, 0.29) is 12.5 Å². The van der Waals surface area contributed by atoms with Gasteiger partial charge in [-0.1, -0.05) is 93.5 Å². The van der Waals surface area contributed by atoms with Crippen LogP contribution >= 0.6 is 35.0 Å². The lowest BCUT2D eigenvalue weighted by atomic mass is 9.90. The molecule has 32 heavy (non-hydrogen) atoms. The van der Waals surface area contributed by atoms with Crippen molar-refractivity contribution in [2.75, 3.05) is 19.7 Å². The van der Waals surface area contributed by atoms with Crippen molar-refractivity contribution in [2.45, 2.75) is 41.5 Å². The van der Waals surface area contributed by atoms with Crippen molar-refractivity contribution in [2.24, 2.45) is 5.92 Å². The first kappa shape index (κ1) is 28.4. The van der Waals surface area contributed by atoms with Crippen LogP contribution in [0.5, 0.6) is 0 Å². The number of nitrogens with zero attached hydrogens (tertiary/aromatic N) is 1. The Balaban J connectivity index is 0.00000249. The number of aliphatic hydroxyl groups is 1. The first-order chi connectivity index (χ1) is 15.3. The van der Waals surface area contributed by atoms with E-state index in [1.807, 2.05) is 32.9 Å². The minimum Gasteiger partial charge on any atom is -0.392 e. The summed E-state index contributed by atoms with van der Waals surface area (Å²) >= 11 is 14.2. The van der Waals surface area contributed by atoms with Gasteiger partial charge in [0.25, 0.3) is 0 Å². The number of halogens is 2. The summed E-state index contributed by atoms with van der Waals surface area (Å²) in [6.45, 7) is 17.7. The molecule has 0 bridgehead atoms. The molecule has 0 unspecified atom stereocenters. The molecule has 0 atom stereocenters. The molecule has 0 saturated heterocycles. The third kappa shape index (κ3) is 7.76. The van der Waals surface area contributed by atoms with Crippen molar-refractivity contribution >= 4 is 35.0 Å². The Morgan fingerprint density at radius 3 is 2.56 bits per heavy atom. The Kier molecular flexibility index (Phi) is 12.9. The minimum atomic E-state index is -0.00410. The summed E-state index contributed by atoms with van der Waals surface area (Å²) < 4.78 is 0. The van der Waals surface area contributed by atoms with Crippen molar-refractivity contribution < 1.29 is 5.11 Å². The molecule has 5 heteroatoms. The monoisotopic (exact) mass is 491 g/mol. The molecule has 2 nitrogen and oxygen atoms in total. The van der Waals surface area contributed by atoms with Crippen molar-refractivity contribution in [1.29, 1.82) is 0 Å². The van der Waals surface area contributed by atoms with E-state index in [9.17, 15) is 5.11 Å². The Morgan fingerprint density at radius 2 is 2.00 bits per heavy atom. The summed E-state index contributed by atoms with van der Waals surface area (Å²) in [7, 11) is 0. The maximum absolute atomic E-state index is 10.2. The average Bonchev–Trinajstić information content (AvgIpc) is 2.92. The van der Waals surface area contributed by atoms with Crippen molar-refractivity contribution in [1.82, 2.24) is 4.90 Å². The van der Waals surface area contributed by atoms with Gasteiger partial charge < -0.3 is 10.0 Å². The third-order valence-electron chi connectivity index (χ3n) is 4.86. The Labute approximate surface area is 208 Å². The molecule has 0 fully saturated rings. The molecule has 0 radical (unpaired) electrons. The smallest absolute Gasteiger partial charge is 0.0725 e. The predicted molar refractivity (Wildman–Crippen MR) is 145 cm³/mol. The molecule has 2 rings (SSSR count). The van der Waals surface area contributed by atoms with Crippen LogP contribution in [0.2, 0.25) is 0 Å². The Morgan fingerprint density at radius 1 is 1.31 bits per heavy atom. The van der Waals surface area contributed by atoms with Crippen molar-refractivity contribution in [3.63, 3.8) is 0 Å². The molecule has 1 aliphatic heterocycles. The zero-order chi connectivity index (χ0) is 24.3. The fourth-order valence-electron chi connectivity index (χ4n) is 3.49. The van der Waals surface area contributed by atoms with E-state index < -0.39 is 0 Å². The van der Waals surface area contributed by atoms with Gasteiger partial charge >= 0.3 is 0 Å². The normalized spacial score (nSPS) is 17.2. The van der Waals surface area contributed by atoms with Gasteiger partial charge in [0.05, 0.1) is 16.5 Å². The van der Waals surface area contributed by atoms with E-state index in [4.69, 9.17) is 23.2 Å². The molecule has 1 aliphatic carbocycles. The zero-order valence-electron chi connectivity index (χ0n) is 20.0. The average molecular weight is 493 g/mol. The summed E-state index contributed by atoms with van der Waals surface area (Å²) in [5, 5.41) is 11.4. The topological polar surface area (TPSA) is 23.5 Å². The van der Waals surface area contributed by atoms with Gasteiger partial charge in [0.15, 0.2) is 0 Å². The second-order valence-electron chi connectivity index (χ2n) is 7.33. The van der Waals surface area contributed by atoms with Crippen molar-refractivity contribution in [3.05, 3.63) is 97.1 Å². The number of thioether (sulfide) groups is 1. The van der Waals surface area contributed by atoms with Crippen LogP contribution in [0.15, 0.2) is 97.1 Å². The highest BCUT2D eigenvalue weighted by Gasteiger charge is 2.27. The molecule has 0 aromatic carbocycles. The highest BCUT2D eigenvalue weighted by atomic mass is 35.5. The first-order valence-electron chi connectivity index (χ1n) is 10.9. The van der Waals surface area contributed by atoms with E-state index in [1.54, 1.807) is 36.1 Å². The van der Waals surface area contributed by atoms with Crippen LogP contribution in [-0.2, 0) is 0 Å². The molecule has 0 amide bonds. The molecule has 0 aromatic heterocycles. The van der Waals surface area contributed by atoms with Crippen LogP contribution in [0, 0.1) is 5.92 Å². The Hall–Kier alpha value is -1.61. The fraction of sp³-hybridized carbons (Fsp3) is 0.370. The summed E-state index contributed by atoms with van der Waals surface area (Å²) in [4.78, 5) is 4.28. The Bertz CT molecular complexity index is 939. The number of hydrogen-bond donors (Lipinski definition) is 1. The molecule has 0 saturated carbocycles. The first-order valence-corrected chi connectivity index (χ1v) is 12.5. The third-order valence-corrected chi connectivity index (χ3v) is 6.66. The van der Waals surface area contributed by atoms with E-state index >= 15 is 0 Å². The standard InChI is InChI=1S/C25H29Cl2NOS.C2H6/c1-6-8-19(9-7-2)14-28-15-24(25(17(3)4)21(16-29)18(28)5)30-23-13-11-20(26)10-12-22(23)27;1-2/h6-12,17,29H,1,14-16H2,2-5H3;1-2H3/b9-7-,19-8+;. The van der Waals surface area contributed by atoms with E-state index in [2.05, 4.69) is 44.1 Å². The van der Waals surface area contributed by atoms with Crippen LogP contribution in [0.4, 0.5) is 0 Å². The van der Waals surface area contributed by atoms with Crippen LogP contribution in [-0.4, -0.2) is 29.7 Å². The molecule has 174 valence electrons. The van der Waals surface area contributed by atoms with E-state index in [0.717, 1.165) is 34.8 Å². The molecule has 0 spiro atoms. The molecule has 0 aromatic rings. The number of hydrogen-bond acceptors (Lipinski definition) is 3.